The summed E-state index contributed by atoms with van der Waals surface area (Å²) in [6, 6.07) is 3.17. The third kappa shape index (κ3) is 2.42. The van der Waals surface area contributed by atoms with Gasteiger partial charge in [-0.3, -0.25) is 4.90 Å². The number of ether oxygens (including phenoxy) is 1. The molecule has 1 aromatic carbocycles. The normalized spacial score (nSPS) is 16.6. The third-order valence-corrected chi connectivity index (χ3v) is 3.28. The van der Waals surface area contributed by atoms with Crippen LogP contribution in [-0.4, -0.2) is 30.2 Å². The van der Waals surface area contributed by atoms with Crippen LogP contribution < -0.4 is 4.74 Å². The van der Waals surface area contributed by atoms with Crippen molar-refractivity contribution in [2.24, 2.45) is 0 Å². The molecule has 0 atom stereocenters. The van der Waals surface area contributed by atoms with Gasteiger partial charge < -0.3 is 9.84 Å². The van der Waals surface area contributed by atoms with Crippen LogP contribution in [0, 0.1) is 0 Å². The summed E-state index contributed by atoms with van der Waals surface area (Å²) in [5, 5.41) is 10.0. The summed E-state index contributed by atoms with van der Waals surface area (Å²) in [6.45, 7) is 3.02. The Bertz CT molecular complexity index is 376. The van der Waals surface area contributed by atoms with Gasteiger partial charge in [-0.25, -0.2) is 0 Å². The standard InChI is InChI=1S/C12H16ClNO2/c1-16-12-7-9(15)6-11(13)10(12)8-14-4-2-3-5-14/h6-7,15H,2-5,8H2,1H3. The Morgan fingerprint density at radius 1 is 1.38 bits per heavy atom. The number of hydrogen-bond acceptors (Lipinski definition) is 3. The summed E-state index contributed by atoms with van der Waals surface area (Å²) >= 11 is 6.13. The lowest BCUT2D eigenvalue weighted by Gasteiger charge is -2.18. The highest BCUT2D eigenvalue weighted by Crippen LogP contribution is 2.33. The van der Waals surface area contributed by atoms with Gasteiger partial charge in [0.05, 0.1) is 12.1 Å². The zero-order chi connectivity index (χ0) is 11.5. The molecule has 0 aliphatic carbocycles. The molecule has 1 N–H and O–H groups in total. The van der Waals surface area contributed by atoms with Crippen molar-refractivity contribution >= 4 is 11.6 Å². The van der Waals surface area contributed by atoms with Crippen molar-refractivity contribution < 1.29 is 9.84 Å². The van der Waals surface area contributed by atoms with Gasteiger partial charge in [0.2, 0.25) is 0 Å². The topological polar surface area (TPSA) is 32.7 Å². The van der Waals surface area contributed by atoms with Gasteiger partial charge in [-0.05, 0) is 32.0 Å². The minimum absolute atomic E-state index is 0.145. The largest absolute Gasteiger partial charge is 0.508 e. The van der Waals surface area contributed by atoms with Crippen molar-refractivity contribution in [3.05, 3.63) is 22.7 Å². The van der Waals surface area contributed by atoms with Gasteiger partial charge in [0.25, 0.3) is 0 Å². The van der Waals surface area contributed by atoms with Crippen LogP contribution in [0.25, 0.3) is 0 Å². The van der Waals surface area contributed by atoms with Crippen LogP contribution in [-0.2, 0) is 6.54 Å². The minimum atomic E-state index is 0.145. The summed E-state index contributed by atoms with van der Waals surface area (Å²) in [5.74, 6) is 0.809. The van der Waals surface area contributed by atoms with Crippen molar-refractivity contribution in [1.82, 2.24) is 4.90 Å². The highest BCUT2D eigenvalue weighted by molar-refractivity contribution is 6.31. The maximum Gasteiger partial charge on any atom is 0.128 e. The van der Waals surface area contributed by atoms with Gasteiger partial charge in [0, 0.05) is 18.2 Å². The lowest BCUT2D eigenvalue weighted by molar-refractivity contribution is 0.320. The second kappa shape index (κ2) is 4.93. The molecule has 0 spiro atoms. The summed E-state index contributed by atoms with van der Waals surface area (Å²) in [6.07, 6.45) is 2.50. The van der Waals surface area contributed by atoms with E-state index in [1.807, 2.05) is 0 Å². The fourth-order valence-electron chi connectivity index (χ4n) is 2.10. The Balaban J connectivity index is 2.23. The summed E-state index contributed by atoms with van der Waals surface area (Å²) in [4.78, 5) is 2.35. The molecule has 1 heterocycles. The van der Waals surface area contributed by atoms with Crippen LogP contribution in [0.1, 0.15) is 18.4 Å². The number of likely N-dealkylation sites (tertiary alicyclic amines) is 1. The van der Waals surface area contributed by atoms with E-state index >= 15 is 0 Å². The first-order chi connectivity index (χ1) is 7.70. The first-order valence-corrected chi connectivity index (χ1v) is 5.86. The fraction of sp³-hybridized carbons (Fsp3) is 0.500. The quantitative estimate of drug-likeness (QED) is 0.883. The Labute approximate surface area is 101 Å². The van der Waals surface area contributed by atoms with E-state index in [0.717, 1.165) is 25.2 Å². The number of rotatable bonds is 3. The Kier molecular flexibility index (Phi) is 3.56. The highest BCUT2D eigenvalue weighted by atomic mass is 35.5. The lowest BCUT2D eigenvalue weighted by atomic mass is 10.1. The molecule has 1 aliphatic rings. The monoisotopic (exact) mass is 241 g/mol. The van der Waals surface area contributed by atoms with Crippen molar-refractivity contribution in [2.75, 3.05) is 20.2 Å². The van der Waals surface area contributed by atoms with Crippen LogP contribution in [0.5, 0.6) is 11.5 Å². The molecule has 88 valence electrons. The number of methoxy groups -OCH3 is 1. The number of benzene rings is 1. The number of hydrogen-bond donors (Lipinski definition) is 1. The van der Waals surface area contributed by atoms with Crippen molar-refractivity contribution in [1.29, 1.82) is 0 Å². The zero-order valence-electron chi connectivity index (χ0n) is 9.37. The first-order valence-electron chi connectivity index (χ1n) is 5.48. The minimum Gasteiger partial charge on any atom is -0.508 e. The van der Waals surface area contributed by atoms with E-state index in [-0.39, 0.29) is 5.75 Å². The smallest absolute Gasteiger partial charge is 0.128 e. The van der Waals surface area contributed by atoms with Gasteiger partial charge >= 0.3 is 0 Å². The third-order valence-electron chi connectivity index (χ3n) is 2.94. The second-order valence-corrected chi connectivity index (χ2v) is 4.50. The van der Waals surface area contributed by atoms with E-state index in [0.29, 0.717) is 10.8 Å². The van der Waals surface area contributed by atoms with Crippen LogP contribution in [0.2, 0.25) is 5.02 Å². The Hall–Kier alpha value is -0.930. The maximum atomic E-state index is 9.43. The maximum absolute atomic E-state index is 9.43. The molecule has 0 bridgehead atoms. The van der Waals surface area contributed by atoms with E-state index < -0.39 is 0 Å². The molecule has 0 saturated carbocycles. The van der Waals surface area contributed by atoms with Crippen LogP contribution in [0.4, 0.5) is 0 Å². The average molecular weight is 242 g/mol. The summed E-state index contributed by atoms with van der Waals surface area (Å²) in [7, 11) is 1.60. The van der Waals surface area contributed by atoms with Gasteiger partial charge in [-0.2, -0.15) is 0 Å². The number of aromatic hydroxyl groups is 1. The number of nitrogens with zero attached hydrogens (tertiary/aromatic N) is 1. The second-order valence-electron chi connectivity index (χ2n) is 4.09. The van der Waals surface area contributed by atoms with E-state index in [1.54, 1.807) is 19.2 Å². The molecular weight excluding hydrogens is 226 g/mol. The SMILES string of the molecule is COc1cc(O)cc(Cl)c1CN1CCCC1. The molecule has 0 radical (unpaired) electrons. The van der Waals surface area contributed by atoms with Crippen LogP contribution in [0.3, 0.4) is 0 Å². The molecule has 1 fully saturated rings. The molecule has 0 unspecified atom stereocenters. The van der Waals surface area contributed by atoms with E-state index in [2.05, 4.69) is 4.90 Å². The van der Waals surface area contributed by atoms with E-state index in [4.69, 9.17) is 16.3 Å². The van der Waals surface area contributed by atoms with E-state index in [1.165, 1.54) is 12.8 Å². The van der Waals surface area contributed by atoms with Gasteiger partial charge in [-0.1, -0.05) is 11.6 Å². The van der Waals surface area contributed by atoms with Crippen LogP contribution >= 0.6 is 11.6 Å². The predicted molar refractivity (Wildman–Crippen MR) is 64.2 cm³/mol. The molecular formula is C12H16ClNO2. The number of phenolic OH excluding ortho intramolecular Hbond substituents is 1. The highest BCUT2D eigenvalue weighted by Gasteiger charge is 2.17. The van der Waals surface area contributed by atoms with Crippen molar-refractivity contribution in [3.8, 4) is 11.5 Å². The van der Waals surface area contributed by atoms with Crippen molar-refractivity contribution in [3.63, 3.8) is 0 Å². The average Bonchev–Trinajstić information content (AvgIpc) is 2.74. The zero-order valence-corrected chi connectivity index (χ0v) is 10.1. The molecule has 1 saturated heterocycles. The van der Waals surface area contributed by atoms with Gasteiger partial charge in [0.15, 0.2) is 0 Å². The lowest BCUT2D eigenvalue weighted by Crippen LogP contribution is -2.19. The van der Waals surface area contributed by atoms with E-state index in [9.17, 15) is 5.11 Å². The predicted octanol–water partition coefficient (Wildman–Crippen LogP) is 2.65. The molecule has 1 aliphatic heterocycles. The number of halogens is 1. The van der Waals surface area contributed by atoms with Gasteiger partial charge in [-0.15, -0.1) is 0 Å². The molecule has 4 heteroatoms. The summed E-state index contributed by atoms with van der Waals surface area (Å²) < 4.78 is 5.25. The van der Waals surface area contributed by atoms with Crippen LogP contribution in [0.15, 0.2) is 12.1 Å². The van der Waals surface area contributed by atoms with Crippen molar-refractivity contribution in [2.45, 2.75) is 19.4 Å². The molecule has 1 aromatic rings. The first kappa shape index (κ1) is 11.6. The fourth-order valence-corrected chi connectivity index (χ4v) is 2.36. The molecule has 16 heavy (non-hydrogen) atoms. The number of phenols is 1. The van der Waals surface area contributed by atoms with Gasteiger partial charge in [0.1, 0.15) is 11.5 Å². The summed E-state index contributed by atoms with van der Waals surface area (Å²) in [5.41, 5.74) is 0.962. The molecule has 3 nitrogen and oxygen atoms in total. The Morgan fingerprint density at radius 2 is 2.06 bits per heavy atom. The molecule has 0 aromatic heterocycles. The Morgan fingerprint density at radius 3 is 2.69 bits per heavy atom. The molecule has 2 rings (SSSR count). The molecule has 0 amide bonds.